The number of nitrogens with two attached hydrogens (primary N) is 1. The van der Waals surface area contributed by atoms with Crippen LogP contribution in [0, 0.1) is 12.7 Å². The van der Waals surface area contributed by atoms with Crippen LogP contribution in [-0.4, -0.2) is 20.8 Å². The van der Waals surface area contributed by atoms with E-state index in [1.807, 2.05) is 42.9 Å². The number of guanidine groups is 1. The zero-order chi connectivity index (χ0) is 18.3. The fourth-order valence-corrected chi connectivity index (χ4v) is 3.17. The van der Waals surface area contributed by atoms with Crippen LogP contribution in [0.25, 0.3) is 0 Å². The lowest BCUT2D eigenvalue weighted by Gasteiger charge is -2.37. The molecule has 134 valence electrons. The Hall–Kier alpha value is -3.13. The highest BCUT2D eigenvalue weighted by atomic mass is 19.1. The highest BCUT2D eigenvalue weighted by Gasteiger charge is 2.40. The smallest absolute Gasteiger partial charge is 0.218 e. The molecule has 1 unspecified atom stereocenters. The molecule has 2 atom stereocenters. The van der Waals surface area contributed by atoms with Crippen LogP contribution in [0.1, 0.15) is 29.8 Å². The Bertz CT molecular complexity index is 956. The molecule has 0 spiro atoms. The Morgan fingerprint density at radius 2 is 2.04 bits per heavy atom. The molecule has 26 heavy (non-hydrogen) atoms. The Labute approximate surface area is 150 Å². The Morgan fingerprint density at radius 3 is 2.73 bits per heavy atom. The largest absolute Gasteiger partial charge is 0.308 e. The predicted octanol–water partition coefficient (Wildman–Crippen LogP) is 2.60. The number of aliphatic imine (C=N–C) groups is 1. The third-order valence-corrected chi connectivity index (χ3v) is 4.66. The second-order valence-electron chi connectivity index (χ2n) is 6.50. The first-order valence-corrected chi connectivity index (χ1v) is 8.34. The topological polar surface area (TPSA) is 96.0 Å². The van der Waals surface area contributed by atoms with Gasteiger partial charge in [-0.25, -0.2) is 9.38 Å². The molecule has 3 aromatic rings. The van der Waals surface area contributed by atoms with Crippen LogP contribution in [-0.2, 0) is 5.66 Å². The molecule has 0 bridgehead atoms. The molecule has 1 aromatic carbocycles. The van der Waals surface area contributed by atoms with Gasteiger partial charge in [0.05, 0.1) is 5.69 Å². The van der Waals surface area contributed by atoms with E-state index in [9.17, 15) is 4.39 Å². The van der Waals surface area contributed by atoms with E-state index in [0.717, 1.165) is 17.0 Å². The molecule has 4 rings (SSSR count). The zero-order valence-corrected chi connectivity index (χ0v) is 14.5. The lowest BCUT2D eigenvalue weighted by atomic mass is 9.86. The summed E-state index contributed by atoms with van der Waals surface area (Å²) in [5, 5.41) is 10.2. The molecule has 1 aliphatic rings. The van der Waals surface area contributed by atoms with Crippen LogP contribution in [0.4, 0.5) is 10.2 Å². The minimum absolute atomic E-state index is 0.184. The first-order valence-electron chi connectivity index (χ1n) is 8.34. The summed E-state index contributed by atoms with van der Waals surface area (Å²) < 4.78 is 15.1. The van der Waals surface area contributed by atoms with Gasteiger partial charge in [-0.05, 0) is 36.8 Å². The number of fused-ring (bicyclic) bond motifs is 1. The van der Waals surface area contributed by atoms with Gasteiger partial charge >= 0.3 is 0 Å². The summed E-state index contributed by atoms with van der Waals surface area (Å²) in [4.78, 5) is 4.73. The number of anilines is 1. The van der Waals surface area contributed by atoms with Crippen molar-refractivity contribution >= 4 is 11.8 Å². The SMILES string of the molecule is Cc1cc(NC2=NC(N)([C@@H](C)c3ccc(F)cc3)c3cccn3N2)n[nH]1. The number of benzene rings is 1. The average Bonchev–Trinajstić information content (AvgIpc) is 3.24. The van der Waals surface area contributed by atoms with Crippen molar-refractivity contribution < 1.29 is 4.39 Å². The van der Waals surface area contributed by atoms with Gasteiger partial charge < -0.3 is 11.1 Å². The molecule has 0 aliphatic carbocycles. The number of hydrogen-bond acceptors (Lipinski definition) is 5. The molecule has 0 fully saturated rings. The van der Waals surface area contributed by atoms with E-state index < -0.39 is 5.66 Å². The van der Waals surface area contributed by atoms with Crippen LogP contribution in [0.15, 0.2) is 53.7 Å². The summed E-state index contributed by atoms with van der Waals surface area (Å²) in [5.74, 6) is 0.662. The van der Waals surface area contributed by atoms with Gasteiger partial charge in [0.1, 0.15) is 5.82 Å². The van der Waals surface area contributed by atoms with Crippen molar-refractivity contribution in [1.29, 1.82) is 0 Å². The van der Waals surface area contributed by atoms with Gasteiger partial charge in [-0.15, -0.1) is 0 Å². The lowest BCUT2D eigenvalue weighted by molar-refractivity contribution is 0.363. The number of aromatic nitrogens is 3. The van der Waals surface area contributed by atoms with Crippen molar-refractivity contribution in [3.63, 3.8) is 0 Å². The molecule has 1 aliphatic heterocycles. The maximum absolute atomic E-state index is 13.3. The van der Waals surface area contributed by atoms with Crippen molar-refractivity contribution in [2.75, 3.05) is 10.7 Å². The normalized spacial score (nSPS) is 20.1. The quantitative estimate of drug-likeness (QED) is 0.582. The number of rotatable bonds is 3. The van der Waals surface area contributed by atoms with Gasteiger partial charge in [0.15, 0.2) is 11.5 Å². The third-order valence-electron chi connectivity index (χ3n) is 4.66. The van der Waals surface area contributed by atoms with Crippen molar-refractivity contribution in [2.24, 2.45) is 10.7 Å². The van der Waals surface area contributed by atoms with Crippen molar-refractivity contribution in [3.8, 4) is 0 Å². The molecule has 0 radical (unpaired) electrons. The fraction of sp³-hybridized carbons (Fsp3) is 0.222. The molecule has 0 amide bonds. The average molecular weight is 353 g/mol. The molecule has 7 nitrogen and oxygen atoms in total. The second-order valence-corrected chi connectivity index (χ2v) is 6.50. The van der Waals surface area contributed by atoms with Gasteiger partial charge in [0.2, 0.25) is 5.96 Å². The Morgan fingerprint density at radius 1 is 1.27 bits per heavy atom. The van der Waals surface area contributed by atoms with E-state index in [1.165, 1.54) is 12.1 Å². The van der Waals surface area contributed by atoms with E-state index in [2.05, 4.69) is 20.9 Å². The molecule has 8 heteroatoms. The molecule has 2 aromatic heterocycles. The van der Waals surface area contributed by atoms with Crippen LogP contribution < -0.4 is 16.5 Å². The van der Waals surface area contributed by atoms with Gasteiger partial charge in [-0.2, -0.15) is 5.10 Å². The molecular formula is C18H20FN7. The number of aromatic amines is 1. The standard InChI is InChI=1S/C18H20FN7/c1-11-10-16(24-23-11)21-17-22-18(20,15-4-3-9-26(15)25-17)12(2)13-5-7-14(19)8-6-13/h3-10,12H,20H2,1-2H3,(H3,21,22,23,24,25)/t12-,18?/m0/s1. The lowest BCUT2D eigenvalue weighted by Crippen LogP contribution is -2.50. The maximum Gasteiger partial charge on any atom is 0.218 e. The van der Waals surface area contributed by atoms with E-state index in [4.69, 9.17) is 10.7 Å². The maximum atomic E-state index is 13.3. The number of halogens is 1. The minimum Gasteiger partial charge on any atom is -0.308 e. The van der Waals surface area contributed by atoms with Crippen molar-refractivity contribution in [2.45, 2.75) is 25.4 Å². The molecule has 0 saturated carbocycles. The minimum atomic E-state index is -1.03. The Balaban J connectivity index is 1.72. The number of nitrogens with zero attached hydrogens (tertiary/aromatic N) is 3. The van der Waals surface area contributed by atoms with Crippen LogP contribution in [0.2, 0.25) is 0 Å². The summed E-state index contributed by atoms with van der Waals surface area (Å²) in [7, 11) is 0. The number of nitrogens with one attached hydrogen (secondary N) is 3. The zero-order valence-electron chi connectivity index (χ0n) is 14.5. The summed E-state index contributed by atoms with van der Waals surface area (Å²) in [6.45, 7) is 3.90. The van der Waals surface area contributed by atoms with Gasteiger partial charge in [-0.3, -0.25) is 15.2 Å². The van der Waals surface area contributed by atoms with Gasteiger partial charge in [0.25, 0.3) is 0 Å². The van der Waals surface area contributed by atoms with Crippen LogP contribution >= 0.6 is 0 Å². The summed E-state index contributed by atoms with van der Waals surface area (Å²) in [6.07, 6.45) is 1.88. The first kappa shape index (κ1) is 16.3. The van der Waals surface area contributed by atoms with Crippen LogP contribution in [0.3, 0.4) is 0 Å². The monoisotopic (exact) mass is 353 g/mol. The number of aryl methyl sites for hydroxylation is 1. The molecule has 0 saturated heterocycles. The predicted molar refractivity (Wildman–Crippen MR) is 98.9 cm³/mol. The van der Waals surface area contributed by atoms with Gasteiger partial charge in [-0.1, -0.05) is 19.1 Å². The fourth-order valence-electron chi connectivity index (χ4n) is 3.17. The highest BCUT2D eigenvalue weighted by molar-refractivity contribution is 5.99. The Kier molecular flexibility index (Phi) is 3.77. The molecule has 5 N–H and O–H groups in total. The van der Waals surface area contributed by atoms with Crippen molar-refractivity contribution in [1.82, 2.24) is 14.9 Å². The number of hydrogen-bond donors (Lipinski definition) is 4. The third kappa shape index (κ3) is 2.74. The second kappa shape index (κ2) is 5.99. The van der Waals surface area contributed by atoms with E-state index in [-0.39, 0.29) is 11.7 Å². The van der Waals surface area contributed by atoms with E-state index >= 15 is 0 Å². The van der Waals surface area contributed by atoms with Crippen molar-refractivity contribution in [3.05, 3.63) is 71.4 Å². The summed E-state index contributed by atoms with van der Waals surface area (Å²) in [6, 6.07) is 12.0. The van der Waals surface area contributed by atoms with E-state index in [1.54, 1.807) is 12.1 Å². The highest BCUT2D eigenvalue weighted by Crippen LogP contribution is 2.37. The summed E-state index contributed by atoms with van der Waals surface area (Å²) in [5.41, 5.74) is 11.6. The first-order chi connectivity index (χ1) is 12.5. The van der Waals surface area contributed by atoms with E-state index in [0.29, 0.717) is 11.8 Å². The summed E-state index contributed by atoms with van der Waals surface area (Å²) >= 11 is 0. The van der Waals surface area contributed by atoms with Gasteiger partial charge in [0, 0.05) is 23.9 Å². The van der Waals surface area contributed by atoms with Crippen LogP contribution in [0.5, 0.6) is 0 Å². The molecule has 3 heterocycles. The number of H-pyrrole nitrogens is 1. The molecular weight excluding hydrogens is 333 g/mol.